The first-order chi connectivity index (χ1) is 18.9. The zero-order valence-corrected chi connectivity index (χ0v) is 23.8. The number of carbonyl (C=O) groups excluding carboxylic acids is 1. The van der Waals surface area contributed by atoms with Crippen molar-refractivity contribution >= 4 is 38.9 Å². The SMILES string of the molecule is CN.COc1ccc(-c2ccc(C)nc2)cc1CN(C(=O)c1sc2c(F)ccc(F)c2c1Cl)C1CCCCC1. The number of ether oxygens (including phenoxy) is 1. The number of pyridine rings is 1. The van der Waals surface area contributed by atoms with Gasteiger partial charge in [-0.3, -0.25) is 9.78 Å². The highest BCUT2D eigenvalue weighted by molar-refractivity contribution is 7.21. The summed E-state index contributed by atoms with van der Waals surface area (Å²) in [5.41, 5.74) is 8.20. The van der Waals surface area contributed by atoms with Crippen molar-refractivity contribution in [1.82, 2.24) is 9.88 Å². The van der Waals surface area contributed by atoms with Crippen LogP contribution in [0.4, 0.5) is 8.78 Å². The highest BCUT2D eigenvalue weighted by atomic mass is 35.5. The molecule has 0 unspecified atom stereocenters. The normalized spacial score (nSPS) is 13.6. The molecule has 1 aliphatic rings. The van der Waals surface area contributed by atoms with Crippen LogP contribution in [-0.2, 0) is 6.54 Å². The zero-order chi connectivity index (χ0) is 28.1. The van der Waals surface area contributed by atoms with Crippen molar-refractivity contribution in [2.24, 2.45) is 5.73 Å². The summed E-state index contributed by atoms with van der Waals surface area (Å²) >= 11 is 7.43. The number of hydrogen-bond acceptors (Lipinski definition) is 5. The first-order valence-electron chi connectivity index (χ1n) is 12.9. The Morgan fingerprint density at radius 1 is 1.08 bits per heavy atom. The summed E-state index contributed by atoms with van der Waals surface area (Å²) < 4.78 is 34.8. The maximum absolute atomic E-state index is 14.5. The van der Waals surface area contributed by atoms with E-state index in [2.05, 4.69) is 10.7 Å². The largest absolute Gasteiger partial charge is 0.496 e. The monoisotopic (exact) mass is 571 g/mol. The zero-order valence-electron chi connectivity index (χ0n) is 22.3. The van der Waals surface area contributed by atoms with Crippen LogP contribution in [0.25, 0.3) is 21.2 Å². The van der Waals surface area contributed by atoms with Gasteiger partial charge in [0.1, 0.15) is 22.3 Å². The summed E-state index contributed by atoms with van der Waals surface area (Å²) in [5.74, 6) is -0.882. The van der Waals surface area contributed by atoms with Gasteiger partial charge in [-0.1, -0.05) is 43.0 Å². The smallest absolute Gasteiger partial charge is 0.266 e. The molecule has 1 aliphatic carbocycles. The van der Waals surface area contributed by atoms with Gasteiger partial charge < -0.3 is 15.4 Å². The van der Waals surface area contributed by atoms with Crippen LogP contribution in [0.1, 0.15) is 53.0 Å². The third-order valence-electron chi connectivity index (χ3n) is 7.02. The van der Waals surface area contributed by atoms with Crippen LogP contribution in [0.3, 0.4) is 0 Å². The molecular formula is C30H32ClF2N3O2S. The molecule has 9 heteroatoms. The third-order valence-corrected chi connectivity index (χ3v) is 8.69. The predicted molar refractivity (Wildman–Crippen MR) is 155 cm³/mol. The third kappa shape index (κ3) is 6.08. The van der Waals surface area contributed by atoms with Gasteiger partial charge in [0.2, 0.25) is 0 Å². The second kappa shape index (κ2) is 12.9. The van der Waals surface area contributed by atoms with Gasteiger partial charge in [0, 0.05) is 35.6 Å². The van der Waals surface area contributed by atoms with Crippen LogP contribution in [0.15, 0.2) is 48.7 Å². The lowest BCUT2D eigenvalue weighted by atomic mass is 9.93. The lowest BCUT2D eigenvalue weighted by molar-refractivity contribution is 0.0618. The number of methoxy groups -OCH3 is 1. The number of hydrogen-bond donors (Lipinski definition) is 1. The first-order valence-corrected chi connectivity index (χ1v) is 14.1. The van der Waals surface area contributed by atoms with Crippen LogP contribution in [0.5, 0.6) is 5.75 Å². The first kappa shape index (κ1) is 28.9. The summed E-state index contributed by atoms with van der Waals surface area (Å²) in [6.45, 7) is 2.23. The minimum Gasteiger partial charge on any atom is -0.496 e. The van der Waals surface area contributed by atoms with Crippen molar-refractivity contribution in [2.45, 2.75) is 51.6 Å². The molecule has 0 saturated heterocycles. The summed E-state index contributed by atoms with van der Waals surface area (Å²) in [7, 11) is 3.10. The Kier molecular flexibility index (Phi) is 9.53. The fourth-order valence-electron chi connectivity index (χ4n) is 5.03. The van der Waals surface area contributed by atoms with E-state index in [0.717, 1.165) is 78.0 Å². The van der Waals surface area contributed by atoms with Gasteiger partial charge in [-0.2, -0.15) is 0 Å². The fourth-order valence-corrected chi connectivity index (χ4v) is 6.53. The number of rotatable bonds is 6. The van der Waals surface area contributed by atoms with Crippen LogP contribution in [-0.4, -0.2) is 36.0 Å². The van der Waals surface area contributed by atoms with Crippen LogP contribution in [0, 0.1) is 18.6 Å². The van der Waals surface area contributed by atoms with E-state index in [0.29, 0.717) is 5.75 Å². The molecule has 4 aromatic rings. The minimum absolute atomic E-state index is 0.00775. The van der Waals surface area contributed by atoms with Crippen LogP contribution in [0.2, 0.25) is 5.02 Å². The van der Waals surface area contributed by atoms with E-state index in [9.17, 15) is 13.6 Å². The second-order valence-electron chi connectivity index (χ2n) is 9.42. The molecule has 206 valence electrons. The topological polar surface area (TPSA) is 68.5 Å². The average molecular weight is 572 g/mol. The number of fused-ring (bicyclic) bond motifs is 1. The molecule has 1 amide bonds. The Labute approximate surface area is 236 Å². The van der Waals surface area contributed by atoms with E-state index >= 15 is 0 Å². The molecule has 39 heavy (non-hydrogen) atoms. The van der Waals surface area contributed by atoms with Crippen molar-refractivity contribution in [3.05, 3.63) is 81.5 Å². The van der Waals surface area contributed by atoms with Crippen molar-refractivity contribution in [3.8, 4) is 16.9 Å². The molecule has 1 fully saturated rings. The van der Waals surface area contributed by atoms with Gasteiger partial charge in [-0.25, -0.2) is 8.78 Å². The molecule has 0 bridgehead atoms. The van der Waals surface area contributed by atoms with Crippen LogP contribution < -0.4 is 10.5 Å². The van der Waals surface area contributed by atoms with E-state index in [-0.39, 0.29) is 38.5 Å². The lowest BCUT2D eigenvalue weighted by Crippen LogP contribution is -2.40. The van der Waals surface area contributed by atoms with Gasteiger partial charge >= 0.3 is 0 Å². The highest BCUT2D eigenvalue weighted by Crippen LogP contribution is 2.40. The Hall–Kier alpha value is -3.07. The van der Waals surface area contributed by atoms with E-state index in [4.69, 9.17) is 16.3 Å². The van der Waals surface area contributed by atoms with E-state index in [1.165, 1.54) is 7.05 Å². The molecule has 0 aliphatic heterocycles. The van der Waals surface area contributed by atoms with E-state index in [1.807, 2.05) is 43.5 Å². The van der Waals surface area contributed by atoms with Crippen molar-refractivity contribution < 1.29 is 18.3 Å². The number of amides is 1. The fraction of sp³-hybridized carbons (Fsp3) is 0.333. The molecule has 0 atom stereocenters. The van der Waals surface area contributed by atoms with E-state index < -0.39 is 11.6 Å². The number of benzene rings is 2. The Morgan fingerprint density at radius 2 is 1.77 bits per heavy atom. The number of halogens is 3. The van der Waals surface area contributed by atoms with Crippen molar-refractivity contribution in [3.63, 3.8) is 0 Å². The molecule has 2 aromatic carbocycles. The molecule has 1 saturated carbocycles. The molecule has 2 N–H and O–H groups in total. The number of nitrogens with zero attached hydrogens (tertiary/aromatic N) is 2. The molecule has 5 rings (SSSR count). The molecule has 5 nitrogen and oxygen atoms in total. The second-order valence-corrected chi connectivity index (χ2v) is 10.8. The number of nitrogens with two attached hydrogens (primary N) is 1. The standard InChI is InChI=1S/C29H27ClF2N2O2S.CH5N/c1-17-8-9-19(15-33-17)18-10-13-24(36-2)20(14-18)16-34(21-6-4-3-5-7-21)29(35)28-26(30)25-22(31)11-12-23(32)27(25)37-28;1-2/h8-15,21H,3-7,16H2,1-2H3;2H2,1H3. The maximum atomic E-state index is 14.5. The maximum Gasteiger partial charge on any atom is 0.266 e. The Bertz CT molecular complexity index is 1450. The van der Waals surface area contributed by atoms with Crippen LogP contribution >= 0.6 is 22.9 Å². The average Bonchev–Trinajstić information content (AvgIpc) is 3.33. The van der Waals surface area contributed by atoms with Gasteiger partial charge in [-0.05, 0) is 62.7 Å². The molecule has 0 radical (unpaired) electrons. The summed E-state index contributed by atoms with van der Waals surface area (Å²) in [5, 5.41) is -0.0701. The Balaban J connectivity index is 0.00000172. The van der Waals surface area contributed by atoms with Crippen molar-refractivity contribution in [1.29, 1.82) is 0 Å². The number of carbonyl (C=O) groups is 1. The summed E-state index contributed by atoms with van der Waals surface area (Å²) in [6, 6.07) is 11.9. The van der Waals surface area contributed by atoms with Gasteiger partial charge in [0.05, 0.1) is 22.2 Å². The Morgan fingerprint density at radius 3 is 2.41 bits per heavy atom. The number of thiophene rings is 1. The number of aryl methyl sites for hydroxylation is 1. The molecule has 2 aromatic heterocycles. The van der Waals surface area contributed by atoms with Gasteiger partial charge in [-0.15, -0.1) is 11.3 Å². The lowest BCUT2D eigenvalue weighted by Gasteiger charge is -2.34. The highest BCUT2D eigenvalue weighted by Gasteiger charge is 2.31. The van der Waals surface area contributed by atoms with Gasteiger partial charge in [0.15, 0.2) is 0 Å². The summed E-state index contributed by atoms with van der Waals surface area (Å²) in [4.78, 5) is 20.4. The van der Waals surface area contributed by atoms with Crippen molar-refractivity contribution in [2.75, 3.05) is 14.2 Å². The number of aromatic nitrogens is 1. The quantitative estimate of drug-likeness (QED) is 0.257. The predicted octanol–water partition coefficient (Wildman–Crippen LogP) is 7.76. The molecule has 0 spiro atoms. The molecular weight excluding hydrogens is 540 g/mol. The van der Waals surface area contributed by atoms with E-state index in [1.54, 1.807) is 12.0 Å². The summed E-state index contributed by atoms with van der Waals surface area (Å²) in [6.07, 6.45) is 6.71. The minimum atomic E-state index is -0.637. The molecule has 2 heterocycles. The van der Waals surface area contributed by atoms with Gasteiger partial charge in [0.25, 0.3) is 5.91 Å².